The number of nitrogens with zero attached hydrogens (tertiary/aromatic N) is 1. The first-order valence-corrected chi connectivity index (χ1v) is 10.9. The summed E-state index contributed by atoms with van der Waals surface area (Å²) >= 11 is 0. The highest BCUT2D eigenvalue weighted by Gasteiger charge is 2.32. The molecule has 2 heterocycles. The number of nitrogens with one attached hydrogen (secondary N) is 3. The molecule has 1 aliphatic heterocycles. The molecule has 1 aliphatic rings. The molecule has 0 radical (unpaired) electrons. The molecule has 184 valence electrons. The molecule has 1 aromatic heterocycles. The Hall–Kier alpha value is -3.18. The fourth-order valence-electron chi connectivity index (χ4n) is 3.69. The van der Waals surface area contributed by atoms with E-state index in [9.17, 15) is 27.9 Å². The van der Waals surface area contributed by atoms with E-state index in [0.29, 0.717) is 31.5 Å². The van der Waals surface area contributed by atoms with Crippen LogP contribution in [0.4, 0.5) is 23.7 Å². The number of rotatable bonds is 8. The minimum Gasteiger partial charge on any atom is -0.394 e. The van der Waals surface area contributed by atoms with Crippen LogP contribution in [0.25, 0.3) is 0 Å². The van der Waals surface area contributed by atoms with E-state index in [-0.39, 0.29) is 30.7 Å². The van der Waals surface area contributed by atoms with Crippen molar-refractivity contribution in [3.8, 4) is 0 Å². The fraction of sp³-hybridized carbons (Fsp3) is 0.435. The van der Waals surface area contributed by atoms with Gasteiger partial charge in [0, 0.05) is 24.1 Å². The lowest BCUT2D eigenvalue weighted by Crippen LogP contribution is -2.52. The number of aliphatic hydroxyl groups excluding tert-OH is 1. The first-order chi connectivity index (χ1) is 16.2. The predicted octanol–water partition coefficient (Wildman–Crippen LogP) is 2.88. The van der Waals surface area contributed by atoms with Crippen molar-refractivity contribution in [3.63, 3.8) is 0 Å². The number of hydrogen-bond acceptors (Lipinski definition) is 5. The zero-order chi connectivity index (χ0) is 24.6. The first kappa shape index (κ1) is 25.4. The topological polar surface area (TPSA) is 113 Å². The van der Waals surface area contributed by atoms with Gasteiger partial charge in [0.2, 0.25) is 5.91 Å². The molecule has 3 amide bonds. The number of anilines is 1. The van der Waals surface area contributed by atoms with Gasteiger partial charge in [-0.25, -0.2) is 4.79 Å². The van der Waals surface area contributed by atoms with E-state index in [4.69, 9.17) is 4.74 Å². The van der Waals surface area contributed by atoms with Crippen LogP contribution in [0.3, 0.4) is 0 Å². The van der Waals surface area contributed by atoms with Crippen LogP contribution in [0, 0.1) is 0 Å². The standard InChI is InChI=1S/C23H27F3N4O4/c24-23(25,26)15-4-6-16(7-5-15)29-22(33)30-19-9-8-18(34-20(19)14-31)10-12-28-21(32)13-17-3-1-2-11-27-17/h1-7,11,18-20,31H,8-10,12-14H2,(H,28,32)(H2,29,30,33)/t18-,19+,20-/m1/s1. The summed E-state index contributed by atoms with van der Waals surface area (Å²) < 4.78 is 43.8. The molecule has 8 nitrogen and oxygen atoms in total. The largest absolute Gasteiger partial charge is 0.416 e. The summed E-state index contributed by atoms with van der Waals surface area (Å²) in [5.41, 5.74) is 0.0818. The molecular formula is C23H27F3N4O4. The molecule has 0 aliphatic carbocycles. The van der Waals surface area contributed by atoms with Crippen LogP contribution < -0.4 is 16.0 Å². The summed E-state index contributed by atoms with van der Waals surface area (Å²) in [5.74, 6) is -0.146. The number of carbonyl (C=O) groups excluding carboxylic acids is 2. The summed E-state index contributed by atoms with van der Waals surface area (Å²) in [6, 6.07) is 8.40. The Bertz CT molecular complexity index is 941. The Kier molecular flexibility index (Phi) is 8.83. The van der Waals surface area contributed by atoms with Gasteiger partial charge in [0.05, 0.1) is 30.7 Å². The summed E-state index contributed by atoms with van der Waals surface area (Å²) in [6.07, 6.45) is -1.77. The van der Waals surface area contributed by atoms with E-state index in [0.717, 1.165) is 12.1 Å². The average Bonchev–Trinajstić information content (AvgIpc) is 2.80. The number of amides is 3. The van der Waals surface area contributed by atoms with Crippen LogP contribution in [0.15, 0.2) is 48.7 Å². The number of aliphatic hydroxyl groups is 1. The molecule has 3 rings (SSSR count). The molecule has 0 spiro atoms. The molecule has 4 N–H and O–H groups in total. The third-order valence-corrected chi connectivity index (χ3v) is 5.44. The van der Waals surface area contributed by atoms with Gasteiger partial charge in [0.15, 0.2) is 0 Å². The third-order valence-electron chi connectivity index (χ3n) is 5.44. The van der Waals surface area contributed by atoms with Gasteiger partial charge < -0.3 is 25.8 Å². The maximum absolute atomic E-state index is 12.7. The van der Waals surface area contributed by atoms with Gasteiger partial charge >= 0.3 is 12.2 Å². The van der Waals surface area contributed by atoms with Crippen LogP contribution in [0.5, 0.6) is 0 Å². The van der Waals surface area contributed by atoms with Crippen molar-refractivity contribution in [1.82, 2.24) is 15.6 Å². The lowest BCUT2D eigenvalue weighted by Gasteiger charge is -2.36. The highest BCUT2D eigenvalue weighted by atomic mass is 19.4. The number of hydrogen-bond donors (Lipinski definition) is 4. The van der Waals surface area contributed by atoms with Crippen molar-refractivity contribution in [3.05, 3.63) is 59.9 Å². The molecule has 11 heteroatoms. The molecular weight excluding hydrogens is 453 g/mol. The molecule has 2 aromatic rings. The van der Waals surface area contributed by atoms with E-state index in [1.54, 1.807) is 18.3 Å². The maximum atomic E-state index is 12.7. The Labute approximate surface area is 194 Å². The molecule has 1 aromatic carbocycles. The summed E-state index contributed by atoms with van der Waals surface area (Å²) in [5, 5.41) is 17.7. The monoisotopic (exact) mass is 480 g/mol. The van der Waals surface area contributed by atoms with Crippen LogP contribution in [-0.4, -0.2) is 53.4 Å². The van der Waals surface area contributed by atoms with Crippen LogP contribution >= 0.6 is 0 Å². The van der Waals surface area contributed by atoms with Crippen LogP contribution in [-0.2, 0) is 22.1 Å². The number of ether oxygens (including phenoxy) is 1. The van der Waals surface area contributed by atoms with Crippen molar-refractivity contribution in [2.45, 2.75) is 50.1 Å². The number of carbonyl (C=O) groups is 2. The van der Waals surface area contributed by atoms with E-state index >= 15 is 0 Å². The second-order valence-corrected chi connectivity index (χ2v) is 7.97. The second kappa shape index (κ2) is 11.8. The van der Waals surface area contributed by atoms with Crippen molar-refractivity contribution in [2.75, 3.05) is 18.5 Å². The van der Waals surface area contributed by atoms with Crippen LogP contribution in [0.1, 0.15) is 30.5 Å². The van der Waals surface area contributed by atoms with Gasteiger partial charge in [-0.05, 0) is 55.7 Å². The minimum absolute atomic E-state index is 0.146. The summed E-state index contributed by atoms with van der Waals surface area (Å²) in [6.45, 7) is 0.0920. The maximum Gasteiger partial charge on any atom is 0.416 e. The summed E-state index contributed by atoms with van der Waals surface area (Å²) in [4.78, 5) is 28.4. The van der Waals surface area contributed by atoms with Crippen LogP contribution in [0.2, 0.25) is 0 Å². The molecule has 1 fully saturated rings. The smallest absolute Gasteiger partial charge is 0.394 e. The first-order valence-electron chi connectivity index (χ1n) is 10.9. The third kappa shape index (κ3) is 7.70. The van der Waals surface area contributed by atoms with E-state index < -0.39 is 29.9 Å². The lowest BCUT2D eigenvalue weighted by molar-refractivity contribution is -0.137. The quantitative estimate of drug-likeness (QED) is 0.464. The predicted molar refractivity (Wildman–Crippen MR) is 118 cm³/mol. The molecule has 0 unspecified atom stereocenters. The number of alkyl halides is 3. The van der Waals surface area contributed by atoms with Crippen molar-refractivity contribution >= 4 is 17.6 Å². The second-order valence-electron chi connectivity index (χ2n) is 7.97. The Morgan fingerprint density at radius 3 is 2.53 bits per heavy atom. The van der Waals surface area contributed by atoms with Crippen molar-refractivity contribution < 1.29 is 32.6 Å². The Balaban J connectivity index is 1.40. The van der Waals surface area contributed by atoms with Gasteiger partial charge in [-0.2, -0.15) is 13.2 Å². The minimum atomic E-state index is -4.45. The fourth-order valence-corrected chi connectivity index (χ4v) is 3.69. The van der Waals surface area contributed by atoms with Gasteiger partial charge in [-0.1, -0.05) is 6.07 Å². The van der Waals surface area contributed by atoms with E-state index in [1.807, 2.05) is 6.07 Å². The molecule has 1 saturated heterocycles. The molecule has 34 heavy (non-hydrogen) atoms. The van der Waals surface area contributed by atoms with E-state index in [1.165, 1.54) is 12.1 Å². The highest BCUT2D eigenvalue weighted by molar-refractivity contribution is 5.89. The SMILES string of the molecule is O=C(Cc1ccccn1)NCC[C@H]1CC[C@H](NC(=O)Nc2ccc(C(F)(F)F)cc2)[C@@H](CO)O1. The van der Waals surface area contributed by atoms with Gasteiger partial charge in [0.25, 0.3) is 0 Å². The van der Waals surface area contributed by atoms with Crippen molar-refractivity contribution in [2.24, 2.45) is 0 Å². The lowest BCUT2D eigenvalue weighted by atomic mass is 9.97. The van der Waals surface area contributed by atoms with Gasteiger partial charge in [-0.15, -0.1) is 0 Å². The number of benzene rings is 1. The number of urea groups is 1. The highest BCUT2D eigenvalue weighted by Crippen LogP contribution is 2.29. The average molecular weight is 480 g/mol. The van der Waals surface area contributed by atoms with Gasteiger partial charge in [-0.3, -0.25) is 9.78 Å². The normalized spacial score (nSPS) is 20.4. The number of pyridine rings is 1. The molecule has 0 saturated carbocycles. The zero-order valence-corrected chi connectivity index (χ0v) is 18.3. The molecule has 0 bridgehead atoms. The number of aromatic nitrogens is 1. The zero-order valence-electron chi connectivity index (χ0n) is 18.3. The summed E-state index contributed by atoms with van der Waals surface area (Å²) in [7, 11) is 0. The Morgan fingerprint density at radius 1 is 1.12 bits per heavy atom. The Morgan fingerprint density at radius 2 is 1.88 bits per heavy atom. The van der Waals surface area contributed by atoms with E-state index in [2.05, 4.69) is 20.9 Å². The molecule has 3 atom stereocenters. The number of halogens is 3. The van der Waals surface area contributed by atoms with Gasteiger partial charge in [0.1, 0.15) is 6.10 Å². The van der Waals surface area contributed by atoms with Crippen molar-refractivity contribution in [1.29, 1.82) is 0 Å².